The average Bonchev–Trinajstić information content (AvgIpc) is 3.13. The Hall–Kier alpha value is -1.32. The smallest absolute Gasteiger partial charge is 0.0457 e. The monoisotopic (exact) mass is 285 g/mol. The lowest BCUT2D eigenvalue weighted by Gasteiger charge is -2.31. The summed E-state index contributed by atoms with van der Waals surface area (Å²) in [6, 6.07) is 9.46. The van der Waals surface area contributed by atoms with Gasteiger partial charge in [0.05, 0.1) is 0 Å². The van der Waals surface area contributed by atoms with Crippen molar-refractivity contribution in [2.45, 2.75) is 39.3 Å². The molecule has 0 radical (unpaired) electrons. The Morgan fingerprint density at radius 1 is 1.19 bits per heavy atom. The first-order valence-electron chi connectivity index (χ1n) is 8.25. The third kappa shape index (κ3) is 3.47. The van der Waals surface area contributed by atoms with Gasteiger partial charge in [0.1, 0.15) is 0 Å². The summed E-state index contributed by atoms with van der Waals surface area (Å²) in [5, 5.41) is 4.95. The van der Waals surface area contributed by atoms with Crippen molar-refractivity contribution in [1.29, 1.82) is 0 Å². The van der Waals surface area contributed by atoms with E-state index in [0.29, 0.717) is 12.0 Å². The summed E-state index contributed by atoms with van der Waals surface area (Å²) in [5.74, 6) is 0.710. The standard InChI is InChI=1S/C18H27N3/c1-14(2)18(21-9-3-4-10-21)13-19-12-15-5-6-16-7-8-20-17(16)11-15/h5-8,11,14,18-20H,3-4,9-10,12-13H2,1-2H3. The van der Waals surface area contributed by atoms with Crippen molar-refractivity contribution < 1.29 is 0 Å². The maximum Gasteiger partial charge on any atom is 0.0457 e. The van der Waals surface area contributed by atoms with Crippen LogP contribution in [0.4, 0.5) is 0 Å². The van der Waals surface area contributed by atoms with E-state index in [4.69, 9.17) is 0 Å². The third-order valence-electron chi connectivity index (χ3n) is 4.68. The fraction of sp³-hybridized carbons (Fsp3) is 0.556. The van der Waals surface area contributed by atoms with Crippen molar-refractivity contribution in [3.8, 4) is 0 Å². The maximum absolute atomic E-state index is 3.66. The first-order valence-corrected chi connectivity index (χ1v) is 8.25. The average molecular weight is 285 g/mol. The van der Waals surface area contributed by atoms with Crippen molar-refractivity contribution in [2.24, 2.45) is 5.92 Å². The van der Waals surface area contributed by atoms with Gasteiger partial charge in [-0.1, -0.05) is 26.0 Å². The highest BCUT2D eigenvalue weighted by molar-refractivity contribution is 5.79. The van der Waals surface area contributed by atoms with Gasteiger partial charge in [-0.3, -0.25) is 4.90 Å². The van der Waals surface area contributed by atoms with Gasteiger partial charge >= 0.3 is 0 Å². The van der Waals surface area contributed by atoms with E-state index in [2.05, 4.69) is 53.3 Å². The van der Waals surface area contributed by atoms with Gasteiger partial charge in [0.15, 0.2) is 0 Å². The number of hydrogen-bond acceptors (Lipinski definition) is 2. The minimum Gasteiger partial charge on any atom is -0.361 e. The van der Waals surface area contributed by atoms with Crippen molar-refractivity contribution in [3.05, 3.63) is 36.0 Å². The van der Waals surface area contributed by atoms with Gasteiger partial charge in [0, 0.05) is 30.8 Å². The first-order chi connectivity index (χ1) is 10.2. The van der Waals surface area contributed by atoms with Crippen molar-refractivity contribution in [3.63, 3.8) is 0 Å². The number of hydrogen-bond donors (Lipinski definition) is 2. The molecule has 1 atom stereocenters. The topological polar surface area (TPSA) is 31.1 Å². The Morgan fingerprint density at radius 3 is 2.76 bits per heavy atom. The zero-order valence-electron chi connectivity index (χ0n) is 13.2. The Kier molecular flexibility index (Phi) is 4.61. The predicted molar refractivity (Wildman–Crippen MR) is 89.4 cm³/mol. The second-order valence-electron chi connectivity index (χ2n) is 6.58. The van der Waals surface area contributed by atoms with Gasteiger partial charge in [0.25, 0.3) is 0 Å². The number of nitrogens with one attached hydrogen (secondary N) is 2. The van der Waals surface area contributed by atoms with E-state index in [9.17, 15) is 0 Å². The van der Waals surface area contributed by atoms with E-state index in [1.807, 2.05) is 6.20 Å². The molecule has 114 valence electrons. The molecule has 1 aliphatic heterocycles. The molecule has 3 rings (SSSR count). The molecule has 0 bridgehead atoms. The molecule has 3 nitrogen and oxygen atoms in total. The van der Waals surface area contributed by atoms with E-state index in [1.165, 1.54) is 42.4 Å². The number of benzene rings is 1. The number of rotatable bonds is 6. The van der Waals surface area contributed by atoms with Gasteiger partial charge in [-0.2, -0.15) is 0 Å². The van der Waals surface area contributed by atoms with E-state index in [0.717, 1.165) is 13.1 Å². The molecule has 1 aliphatic rings. The molecule has 1 saturated heterocycles. The second-order valence-corrected chi connectivity index (χ2v) is 6.58. The van der Waals surface area contributed by atoms with E-state index in [1.54, 1.807) is 0 Å². The Balaban J connectivity index is 1.56. The lowest BCUT2D eigenvalue weighted by molar-refractivity contribution is 0.186. The van der Waals surface area contributed by atoms with Crippen molar-refractivity contribution in [1.82, 2.24) is 15.2 Å². The van der Waals surface area contributed by atoms with Crippen LogP contribution < -0.4 is 5.32 Å². The van der Waals surface area contributed by atoms with Gasteiger partial charge in [-0.15, -0.1) is 0 Å². The highest BCUT2D eigenvalue weighted by atomic mass is 15.2. The summed E-state index contributed by atoms with van der Waals surface area (Å²) in [4.78, 5) is 5.94. The number of likely N-dealkylation sites (tertiary alicyclic amines) is 1. The molecule has 1 fully saturated rings. The predicted octanol–water partition coefficient (Wildman–Crippen LogP) is 3.38. The fourth-order valence-electron chi connectivity index (χ4n) is 3.43. The molecule has 2 aromatic rings. The summed E-state index contributed by atoms with van der Waals surface area (Å²) in [7, 11) is 0. The van der Waals surface area contributed by atoms with Crippen LogP contribution in [-0.4, -0.2) is 35.6 Å². The van der Waals surface area contributed by atoms with Crippen molar-refractivity contribution in [2.75, 3.05) is 19.6 Å². The zero-order chi connectivity index (χ0) is 14.7. The molecule has 1 aromatic heterocycles. The zero-order valence-corrected chi connectivity index (χ0v) is 13.2. The van der Waals surface area contributed by atoms with E-state index >= 15 is 0 Å². The summed E-state index contributed by atoms with van der Waals surface area (Å²) in [5.41, 5.74) is 2.59. The SMILES string of the molecule is CC(C)C(CNCc1ccc2cc[nH]c2c1)N1CCCC1. The van der Waals surface area contributed by atoms with Crippen LogP contribution in [0.5, 0.6) is 0 Å². The summed E-state index contributed by atoms with van der Waals surface area (Å²) in [6.07, 6.45) is 4.74. The van der Waals surface area contributed by atoms with Gasteiger partial charge in [-0.05, 0) is 54.9 Å². The minimum atomic E-state index is 0.668. The highest BCUT2D eigenvalue weighted by Gasteiger charge is 2.23. The molecule has 0 amide bonds. The van der Waals surface area contributed by atoms with Crippen LogP contribution in [0.3, 0.4) is 0 Å². The largest absolute Gasteiger partial charge is 0.361 e. The molecule has 0 spiro atoms. The van der Waals surface area contributed by atoms with Crippen LogP contribution in [0.1, 0.15) is 32.3 Å². The molecule has 1 aromatic carbocycles. The van der Waals surface area contributed by atoms with Crippen LogP contribution in [0.25, 0.3) is 10.9 Å². The van der Waals surface area contributed by atoms with Crippen LogP contribution in [0, 0.1) is 5.92 Å². The molecule has 2 heterocycles. The second kappa shape index (κ2) is 6.63. The molecule has 1 unspecified atom stereocenters. The normalized spacial score (nSPS) is 17.9. The minimum absolute atomic E-state index is 0.668. The van der Waals surface area contributed by atoms with Gasteiger partial charge in [0.2, 0.25) is 0 Å². The van der Waals surface area contributed by atoms with Crippen LogP contribution in [-0.2, 0) is 6.54 Å². The third-order valence-corrected chi connectivity index (χ3v) is 4.68. The lowest BCUT2D eigenvalue weighted by Crippen LogP contribution is -2.44. The van der Waals surface area contributed by atoms with Crippen LogP contribution in [0.2, 0.25) is 0 Å². The van der Waals surface area contributed by atoms with Gasteiger partial charge in [-0.25, -0.2) is 0 Å². The highest BCUT2D eigenvalue weighted by Crippen LogP contribution is 2.18. The van der Waals surface area contributed by atoms with Crippen LogP contribution in [0.15, 0.2) is 30.5 Å². The number of nitrogens with zero attached hydrogens (tertiary/aromatic N) is 1. The number of H-pyrrole nitrogens is 1. The lowest BCUT2D eigenvalue weighted by atomic mass is 10.0. The van der Waals surface area contributed by atoms with Gasteiger partial charge < -0.3 is 10.3 Å². The number of aromatic nitrogens is 1. The van der Waals surface area contributed by atoms with Crippen LogP contribution >= 0.6 is 0 Å². The van der Waals surface area contributed by atoms with E-state index < -0.39 is 0 Å². The Labute approximate surface area is 127 Å². The summed E-state index contributed by atoms with van der Waals surface area (Å²) in [6.45, 7) is 9.27. The molecule has 2 N–H and O–H groups in total. The molecule has 0 aliphatic carbocycles. The van der Waals surface area contributed by atoms with E-state index in [-0.39, 0.29) is 0 Å². The van der Waals surface area contributed by atoms with Crippen molar-refractivity contribution >= 4 is 10.9 Å². The first kappa shape index (κ1) is 14.6. The summed E-state index contributed by atoms with van der Waals surface area (Å²) < 4.78 is 0. The molecule has 3 heteroatoms. The quantitative estimate of drug-likeness (QED) is 0.852. The Bertz CT molecular complexity index is 567. The molecular weight excluding hydrogens is 258 g/mol. The fourth-order valence-corrected chi connectivity index (χ4v) is 3.43. The summed E-state index contributed by atoms with van der Waals surface area (Å²) >= 11 is 0. The molecular formula is C18H27N3. The number of fused-ring (bicyclic) bond motifs is 1. The molecule has 21 heavy (non-hydrogen) atoms. The molecule has 0 saturated carbocycles. The number of aromatic amines is 1. The maximum atomic E-state index is 3.66. The Morgan fingerprint density at radius 2 is 2.00 bits per heavy atom.